The van der Waals surface area contributed by atoms with Crippen LogP contribution in [0.15, 0.2) is 60.7 Å². The van der Waals surface area contributed by atoms with Gasteiger partial charge in [-0.2, -0.15) is 0 Å². The maximum absolute atomic E-state index is 14.2. The van der Waals surface area contributed by atoms with Gasteiger partial charge >= 0.3 is 0 Å². The van der Waals surface area contributed by atoms with Crippen LogP contribution in [-0.4, -0.2) is 71.4 Å². The van der Waals surface area contributed by atoms with E-state index in [-0.39, 0.29) is 23.8 Å². The second-order valence-electron chi connectivity index (χ2n) is 12.3. The van der Waals surface area contributed by atoms with Crippen molar-refractivity contribution in [2.24, 2.45) is 11.8 Å². The van der Waals surface area contributed by atoms with Crippen LogP contribution in [-0.2, 0) is 25.7 Å². The van der Waals surface area contributed by atoms with Gasteiger partial charge in [-0.25, -0.2) is 0 Å². The molecular formula is C33H38Cl2N4O4. The highest BCUT2D eigenvalue weighted by molar-refractivity contribution is 6.42. The molecule has 1 saturated carbocycles. The first-order valence-corrected chi connectivity index (χ1v) is 16.0. The molecule has 1 aliphatic carbocycles. The van der Waals surface area contributed by atoms with Crippen LogP contribution in [0.25, 0.3) is 0 Å². The fraction of sp³-hybridized carbons (Fsp3) is 0.485. The highest BCUT2D eigenvalue weighted by atomic mass is 35.5. The van der Waals surface area contributed by atoms with Crippen molar-refractivity contribution in [2.75, 3.05) is 25.5 Å². The quantitative estimate of drug-likeness (QED) is 0.361. The first-order chi connectivity index (χ1) is 20.8. The highest BCUT2D eigenvalue weighted by Gasteiger charge is 2.72. The maximum Gasteiger partial charge on any atom is 0.246 e. The number of benzene rings is 2. The minimum Gasteiger partial charge on any atom is -0.359 e. The molecule has 3 unspecified atom stereocenters. The van der Waals surface area contributed by atoms with E-state index in [0.29, 0.717) is 28.7 Å². The lowest BCUT2D eigenvalue weighted by molar-refractivity contribution is -0.141. The van der Waals surface area contributed by atoms with E-state index in [4.69, 9.17) is 27.9 Å². The van der Waals surface area contributed by atoms with Gasteiger partial charge < -0.3 is 25.2 Å². The van der Waals surface area contributed by atoms with Gasteiger partial charge in [-0.1, -0.05) is 84.9 Å². The summed E-state index contributed by atoms with van der Waals surface area (Å²) >= 11 is 12.2. The third kappa shape index (κ3) is 5.95. The van der Waals surface area contributed by atoms with E-state index in [9.17, 15) is 14.4 Å². The van der Waals surface area contributed by atoms with Crippen molar-refractivity contribution >= 4 is 46.6 Å². The number of amides is 3. The monoisotopic (exact) mass is 624 g/mol. The number of hydrogen-bond donors (Lipinski definition) is 2. The van der Waals surface area contributed by atoms with Crippen LogP contribution in [0.3, 0.4) is 0 Å². The normalized spacial score (nSPS) is 28.0. The van der Waals surface area contributed by atoms with Gasteiger partial charge in [-0.3, -0.25) is 14.4 Å². The Hall–Kier alpha value is -2.91. The molecule has 0 aromatic heterocycles. The van der Waals surface area contributed by atoms with Crippen LogP contribution in [0, 0.1) is 11.8 Å². The summed E-state index contributed by atoms with van der Waals surface area (Å²) in [6, 6.07) is 14.3. The number of anilines is 1. The van der Waals surface area contributed by atoms with Crippen molar-refractivity contribution in [3.8, 4) is 0 Å². The molecule has 2 aromatic rings. The predicted octanol–water partition coefficient (Wildman–Crippen LogP) is 5.05. The molecule has 3 aliphatic heterocycles. The van der Waals surface area contributed by atoms with Crippen molar-refractivity contribution in [3.63, 3.8) is 0 Å². The zero-order chi connectivity index (χ0) is 30.1. The van der Waals surface area contributed by atoms with E-state index >= 15 is 0 Å². The number of likely N-dealkylation sites (tertiary alicyclic amines) is 1. The number of carbonyl (C=O) groups is 3. The number of rotatable bonds is 10. The Morgan fingerprint density at radius 1 is 1.05 bits per heavy atom. The lowest BCUT2D eigenvalue weighted by atomic mass is 9.74. The summed E-state index contributed by atoms with van der Waals surface area (Å²) in [6.07, 6.45) is 8.97. The van der Waals surface area contributed by atoms with E-state index in [1.165, 1.54) is 12.0 Å². The average Bonchev–Trinajstić information content (AvgIpc) is 3.63. The predicted molar refractivity (Wildman–Crippen MR) is 167 cm³/mol. The molecule has 2 bridgehead atoms. The Labute approximate surface area is 262 Å². The molecule has 3 fully saturated rings. The van der Waals surface area contributed by atoms with Crippen LogP contribution >= 0.6 is 23.2 Å². The van der Waals surface area contributed by atoms with E-state index in [2.05, 4.69) is 34.7 Å². The Bertz CT molecular complexity index is 1400. The van der Waals surface area contributed by atoms with Gasteiger partial charge in [0.25, 0.3) is 0 Å². The molecule has 4 aliphatic rings. The second-order valence-corrected chi connectivity index (χ2v) is 13.1. The Balaban J connectivity index is 1.21. The fourth-order valence-electron chi connectivity index (χ4n) is 7.32. The van der Waals surface area contributed by atoms with Crippen LogP contribution in [0.5, 0.6) is 0 Å². The number of nitrogens with one attached hydrogen (secondary N) is 2. The fourth-order valence-corrected chi connectivity index (χ4v) is 7.62. The zero-order valence-corrected chi connectivity index (χ0v) is 25.8. The van der Waals surface area contributed by atoms with Gasteiger partial charge in [-0.05, 0) is 56.6 Å². The standard InChI is InChI=1S/C33H38Cl2N4O4/c1-38(20-21-9-4-2-5-10-21)17-8-18-39-29(31(41)36-22-11-6-3-7-12-22)33-16-15-26(43-33)27(28(33)32(39)42)30(40)37-23-13-14-24(34)25(35)19-23/h2,4-5,9-10,13-16,19,22,26-29H,3,6-8,11-12,17-18,20H2,1H3,(H,36,41)(H,37,40)/t26-,27?,28-,29?,33?/m1/s1. The van der Waals surface area contributed by atoms with E-state index in [1.54, 1.807) is 23.1 Å². The molecule has 228 valence electrons. The topological polar surface area (TPSA) is 91.0 Å². The number of carbonyl (C=O) groups excluding carboxylic acids is 3. The van der Waals surface area contributed by atoms with Gasteiger partial charge in [0.2, 0.25) is 17.7 Å². The third-order valence-corrected chi connectivity index (χ3v) is 10.0. The minimum atomic E-state index is -1.18. The van der Waals surface area contributed by atoms with Crippen molar-refractivity contribution in [2.45, 2.75) is 68.9 Å². The number of ether oxygens (including phenoxy) is 1. The molecule has 43 heavy (non-hydrogen) atoms. The molecular weight excluding hydrogens is 587 g/mol. The average molecular weight is 626 g/mol. The molecule has 0 radical (unpaired) electrons. The van der Waals surface area contributed by atoms with Gasteiger partial charge in [0.05, 0.1) is 28.0 Å². The molecule has 2 aromatic carbocycles. The third-order valence-electron chi connectivity index (χ3n) is 9.30. The van der Waals surface area contributed by atoms with Crippen molar-refractivity contribution < 1.29 is 19.1 Å². The number of nitrogens with zero attached hydrogens (tertiary/aromatic N) is 2. The number of halogens is 2. The Morgan fingerprint density at radius 2 is 1.81 bits per heavy atom. The summed E-state index contributed by atoms with van der Waals surface area (Å²) in [7, 11) is 2.05. The first-order valence-electron chi connectivity index (χ1n) is 15.2. The molecule has 3 heterocycles. The summed E-state index contributed by atoms with van der Waals surface area (Å²) < 4.78 is 6.48. The van der Waals surface area contributed by atoms with Crippen LogP contribution in [0.1, 0.15) is 44.1 Å². The van der Waals surface area contributed by atoms with Gasteiger partial charge in [0.15, 0.2) is 0 Å². The summed E-state index contributed by atoms with van der Waals surface area (Å²) in [4.78, 5) is 45.8. The summed E-state index contributed by atoms with van der Waals surface area (Å²) in [5.74, 6) is -2.33. The number of fused-ring (bicyclic) bond motifs is 1. The first kappa shape index (κ1) is 30.1. The Morgan fingerprint density at radius 3 is 2.56 bits per heavy atom. The molecule has 6 rings (SSSR count). The molecule has 2 N–H and O–H groups in total. The smallest absolute Gasteiger partial charge is 0.246 e. The van der Waals surface area contributed by atoms with Crippen LogP contribution in [0.2, 0.25) is 10.0 Å². The molecule has 1 spiro atoms. The summed E-state index contributed by atoms with van der Waals surface area (Å²) in [5, 5.41) is 6.84. The molecule has 2 saturated heterocycles. The summed E-state index contributed by atoms with van der Waals surface area (Å²) in [5.41, 5.74) is 0.512. The van der Waals surface area contributed by atoms with Gasteiger partial charge in [0, 0.05) is 24.8 Å². The molecule has 8 nitrogen and oxygen atoms in total. The summed E-state index contributed by atoms with van der Waals surface area (Å²) in [6.45, 7) is 1.92. The number of hydrogen-bond acceptors (Lipinski definition) is 5. The second kappa shape index (κ2) is 12.6. The highest BCUT2D eigenvalue weighted by Crippen LogP contribution is 2.55. The van der Waals surface area contributed by atoms with Crippen LogP contribution < -0.4 is 10.6 Å². The van der Waals surface area contributed by atoms with E-state index in [0.717, 1.165) is 38.8 Å². The van der Waals surface area contributed by atoms with Crippen molar-refractivity contribution in [3.05, 3.63) is 76.3 Å². The van der Waals surface area contributed by atoms with E-state index < -0.39 is 29.6 Å². The van der Waals surface area contributed by atoms with Crippen LogP contribution in [0.4, 0.5) is 5.69 Å². The SMILES string of the molecule is CN(CCCN1C(=O)[C@H]2C(C(=O)Nc3ccc(Cl)c(Cl)c3)[C@H]3C=CC2(O3)C1C(=O)NC1CCCCC1)Cc1ccccc1. The lowest BCUT2D eigenvalue weighted by Crippen LogP contribution is -2.56. The molecule has 10 heteroatoms. The van der Waals surface area contributed by atoms with Crippen molar-refractivity contribution in [1.82, 2.24) is 15.1 Å². The molecule has 5 atom stereocenters. The van der Waals surface area contributed by atoms with Gasteiger partial charge in [-0.15, -0.1) is 0 Å². The molecule has 3 amide bonds. The largest absolute Gasteiger partial charge is 0.359 e. The minimum absolute atomic E-state index is 0.0852. The van der Waals surface area contributed by atoms with Gasteiger partial charge in [0.1, 0.15) is 11.6 Å². The Kier molecular flexibility index (Phi) is 8.83. The van der Waals surface area contributed by atoms with E-state index in [1.807, 2.05) is 30.4 Å². The maximum atomic E-state index is 14.2. The zero-order valence-electron chi connectivity index (χ0n) is 24.3. The lowest BCUT2D eigenvalue weighted by Gasteiger charge is -2.34. The van der Waals surface area contributed by atoms with Crippen molar-refractivity contribution in [1.29, 1.82) is 0 Å².